The molecular formula is C36H46N2O5. The Morgan fingerprint density at radius 2 is 1.67 bits per heavy atom. The Kier molecular flexibility index (Phi) is 13.3. The van der Waals surface area contributed by atoms with Crippen LogP contribution in [0.25, 0.3) is 12.2 Å². The number of aliphatic carboxylic acids is 1. The van der Waals surface area contributed by atoms with Gasteiger partial charge in [0.05, 0.1) is 24.3 Å². The molecule has 3 rings (SSSR count). The first kappa shape index (κ1) is 33.4. The number of hydrogen-bond donors (Lipinski definition) is 2. The van der Waals surface area contributed by atoms with Crippen molar-refractivity contribution in [3.8, 4) is 11.6 Å². The molecule has 0 radical (unpaired) electrons. The second-order valence-corrected chi connectivity index (χ2v) is 11.4. The Balaban J connectivity index is 1.44. The number of carbonyl (C=O) groups excluding carboxylic acids is 1. The van der Waals surface area contributed by atoms with E-state index >= 15 is 0 Å². The van der Waals surface area contributed by atoms with Crippen molar-refractivity contribution in [3.05, 3.63) is 83.6 Å². The standard InChI is InChI=1S/C36H46N2O5/c1-5-36(6-2,35(40)41)26-33(39)37-31-14-9-12-29(25-31)16-19-30-13-10-15-34(38-30)43-23-8-7-11-28-17-20-32(21-18-28)42-24-22-27(3)4/h9-10,12-21,25,27H,5-8,11,22-24,26H2,1-4H3,(H,37,39)(H,40,41). The number of anilines is 1. The lowest BCUT2D eigenvalue weighted by Gasteiger charge is -2.25. The summed E-state index contributed by atoms with van der Waals surface area (Å²) >= 11 is 0. The molecule has 0 atom stereocenters. The fourth-order valence-electron chi connectivity index (χ4n) is 4.67. The van der Waals surface area contributed by atoms with Gasteiger partial charge in [0.2, 0.25) is 11.8 Å². The lowest BCUT2D eigenvalue weighted by atomic mass is 9.79. The molecule has 0 aliphatic heterocycles. The van der Waals surface area contributed by atoms with E-state index in [1.165, 1.54) is 5.56 Å². The van der Waals surface area contributed by atoms with Gasteiger partial charge in [-0.25, -0.2) is 4.98 Å². The number of unbranched alkanes of at least 4 members (excludes halogenated alkanes) is 1. The molecule has 1 aromatic heterocycles. The van der Waals surface area contributed by atoms with Gasteiger partial charge in [-0.05, 0) is 92.0 Å². The number of carbonyl (C=O) groups is 2. The molecule has 0 bridgehead atoms. The first-order chi connectivity index (χ1) is 20.7. The Morgan fingerprint density at radius 3 is 2.37 bits per heavy atom. The van der Waals surface area contributed by atoms with E-state index in [0.717, 1.165) is 49.3 Å². The molecule has 0 saturated carbocycles. The summed E-state index contributed by atoms with van der Waals surface area (Å²) in [6.45, 7) is 9.35. The molecule has 2 aromatic carbocycles. The van der Waals surface area contributed by atoms with Crippen molar-refractivity contribution in [1.29, 1.82) is 0 Å². The largest absolute Gasteiger partial charge is 0.494 e. The van der Waals surface area contributed by atoms with Crippen molar-refractivity contribution in [3.63, 3.8) is 0 Å². The zero-order valence-electron chi connectivity index (χ0n) is 26.0. The molecule has 1 heterocycles. The summed E-state index contributed by atoms with van der Waals surface area (Å²) in [6.07, 6.45) is 8.54. The highest BCUT2D eigenvalue weighted by Crippen LogP contribution is 2.31. The van der Waals surface area contributed by atoms with Gasteiger partial charge < -0.3 is 19.9 Å². The first-order valence-electron chi connectivity index (χ1n) is 15.4. The number of carboxylic acid groups (broad SMARTS) is 1. The summed E-state index contributed by atoms with van der Waals surface area (Å²) in [4.78, 5) is 29.0. The Bertz CT molecular complexity index is 1330. The number of pyridine rings is 1. The maximum Gasteiger partial charge on any atom is 0.310 e. The second kappa shape index (κ2) is 17.1. The third-order valence-corrected chi connectivity index (χ3v) is 7.67. The number of amides is 1. The highest BCUT2D eigenvalue weighted by molar-refractivity contribution is 5.94. The van der Waals surface area contributed by atoms with E-state index in [0.29, 0.717) is 36.9 Å². The van der Waals surface area contributed by atoms with Gasteiger partial charge in [0.15, 0.2) is 0 Å². The molecule has 0 aliphatic rings. The summed E-state index contributed by atoms with van der Waals surface area (Å²) in [6, 6.07) is 21.5. The van der Waals surface area contributed by atoms with Gasteiger partial charge in [-0.15, -0.1) is 0 Å². The quantitative estimate of drug-likeness (QED) is 0.146. The van der Waals surface area contributed by atoms with Crippen LogP contribution in [0.15, 0.2) is 66.7 Å². The van der Waals surface area contributed by atoms with Gasteiger partial charge in [0.25, 0.3) is 0 Å². The van der Waals surface area contributed by atoms with Crippen LogP contribution in [0, 0.1) is 11.3 Å². The Hall–Kier alpha value is -4.13. The zero-order chi connectivity index (χ0) is 31.1. The summed E-state index contributed by atoms with van der Waals surface area (Å²) in [5.74, 6) is 0.907. The molecule has 7 nitrogen and oxygen atoms in total. The van der Waals surface area contributed by atoms with Gasteiger partial charge in [0, 0.05) is 18.2 Å². The molecule has 3 aromatic rings. The summed E-state index contributed by atoms with van der Waals surface area (Å²) in [7, 11) is 0. The molecule has 43 heavy (non-hydrogen) atoms. The van der Waals surface area contributed by atoms with E-state index in [-0.39, 0.29) is 12.3 Å². The van der Waals surface area contributed by atoms with E-state index in [1.807, 2.05) is 60.7 Å². The maximum absolute atomic E-state index is 12.6. The van der Waals surface area contributed by atoms with Crippen LogP contribution >= 0.6 is 0 Å². The van der Waals surface area contributed by atoms with Gasteiger partial charge in [0.1, 0.15) is 5.75 Å². The molecule has 0 unspecified atom stereocenters. The third kappa shape index (κ3) is 11.2. The normalized spacial score (nSPS) is 11.6. The van der Waals surface area contributed by atoms with Gasteiger partial charge in [-0.3, -0.25) is 9.59 Å². The van der Waals surface area contributed by atoms with Gasteiger partial charge in [-0.2, -0.15) is 0 Å². The average molecular weight is 587 g/mol. The first-order valence-corrected chi connectivity index (χ1v) is 15.4. The van der Waals surface area contributed by atoms with Crippen molar-refractivity contribution < 1.29 is 24.2 Å². The SMILES string of the molecule is CCC(CC)(CC(=O)Nc1cccc(C=Cc2cccc(OCCCCc3ccc(OCCC(C)C)cc3)n2)c1)C(=O)O. The van der Waals surface area contributed by atoms with E-state index < -0.39 is 11.4 Å². The summed E-state index contributed by atoms with van der Waals surface area (Å²) in [5.41, 5.74) is 2.51. The number of carboxylic acids is 1. The molecule has 230 valence electrons. The van der Waals surface area contributed by atoms with E-state index in [2.05, 4.69) is 36.3 Å². The minimum atomic E-state index is -1.05. The maximum atomic E-state index is 12.6. The molecule has 7 heteroatoms. The Morgan fingerprint density at radius 1 is 0.930 bits per heavy atom. The van der Waals surface area contributed by atoms with Crippen molar-refractivity contribution in [2.24, 2.45) is 11.3 Å². The highest BCUT2D eigenvalue weighted by atomic mass is 16.5. The molecule has 1 amide bonds. The lowest BCUT2D eigenvalue weighted by Crippen LogP contribution is -2.34. The van der Waals surface area contributed by atoms with Crippen molar-refractivity contribution in [1.82, 2.24) is 4.98 Å². The number of ether oxygens (including phenoxy) is 2. The van der Waals surface area contributed by atoms with Crippen LogP contribution in [-0.4, -0.2) is 35.2 Å². The van der Waals surface area contributed by atoms with Gasteiger partial charge in [-0.1, -0.05) is 64.1 Å². The molecule has 0 spiro atoms. The molecule has 0 aliphatic carbocycles. The highest BCUT2D eigenvalue weighted by Gasteiger charge is 2.37. The van der Waals surface area contributed by atoms with Crippen molar-refractivity contribution in [2.75, 3.05) is 18.5 Å². The lowest BCUT2D eigenvalue weighted by molar-refractivity contribution is -0.151. The van der Waals surface area contributed by atoms with E-state index in [9.17, 15) is 14.7 Å². The number of benzene rings is 2. The molecule has 0 saturated heterocycles. The van der Waals surface area contributed by atoms with E-state index in [1.54, 1.807) is 19.9 Å². The van der Waals surface area contributed by atoms with Crippen LogP contribution in [0.2, 0.25) is 0 Å². The second-order valence-electron chi connectivity index (χ2n) is 11.4. The van der Waals surface area contributed by atoms with Crippen molar-refractivity contribution >= 4 is 29.7 Å². The van der Waals surface area contributed by atoms with Gasteiger partial charge >= 0.3 is 5.97 Å². The van der Waals surface area contributed by atoms with E-state index in [4.69, 9.17) is 9.47 Å². The average Bonchev–Trinajstić information content (AvgIpc) is 2.99. The van der Waals surface area contributed by atoms with Crippen molar-refractivity contribution in [2.45, 2.75) is 72.6 Å². The number of aromatic nitrogens is 1. The minimum Gasteiger partial charge on any atom is -0.494 e. The fourth-order valence-corrected chi connectivity index (χ4v) is 4.67. The Labute approximate surface area is 256 Å². The topological polar surface area (TPSA) is 97.8 Å². The number of hydrogen-bond acceptors (Lipinski definition) is 5. The summed E-state index contributed by atoms with van der Waals surface area (Å²) < 4.78 is 11.7. The van der Waals surface area contributed by atoms with Crippen LogP contribution in [0.3, 0.4) is 0 Å². The fraction of sp³-hybridized carbons (Fsp3) is 0.417. The van der Waals surface area contributed by atoms with Crippen LogP contribution < -0.4 is 14.8 Å². The summed E-state index contributed by atoms with van der Waals surface area (Å²) in [5, 5.41) is 12.5. The molecule has 2 N–H and O–H groups in total. The predicted molar refractivity (Wildman–Crippen MR) is 173 cm³/mol. The monoisotopic (exact) mass is 586 g/mol. The van der Waals surface area contributed by atoms with Crippen LogP contribution in [0.5, 0.6) is 11.6 Å². The van der Waals surface area contributed by atoms with Crippen LogP contribution in [0.4, 0.5) is 5.69 Å². The number of rotatable bonds is 18. The smallest absolute Gasteiger partial charge is 0.310 e. The number of aryl methyl sites for hydroxylation is 1. The number of nitrogens with one attached hydrogen (secondary N) is 1. The predicted octanol–water partition coefficient (Wildman–Crippen LogP) is 8.30. The van der Waals surface area contributed by atoms with Crippen LogP contribution in [-0.2, 0) is 16.0 Å². The minimum absolute atomic E-state index is 0.0622. The number of nitrogens with zero attached hydrogens (tertiary/aromatic N) is 1. The molecule has 0 fully saturated rings. The third-order valence-electron chi connectivity index (χ3n) is 7.67. The zero-order valence-corrected chi connectivity index (χ0v) is 26.0. The molecular weight excluding hydrogens is 540 g/mol. The van der Waals surface area contributed by atoms with Crippen LogP contribution in [0.1, 0.15) is 83.0 Å².